The SMILES string of the molecule is CCOc1cc(/C=C(\C#N)c2ccc([N+](=O)[O-])cc2)ccc1OS(=O)(=O)c1ccccc1. The van der Waals surface area contributed by atoms with Gasteiger partial charge in [-0.25, -0.2) is 0 Å². The van der Waals surface area contributed by atoms with Crippen molar-refractivity contribution >= 4 is 27.5 Å². The zero-order chi connectivity index (χ0) is 23.1. The van der Waals surface area contributed by atoms with Gasteiger partial charge in [0.25, 0.3) is 5.69 Å². The number of nitro groups is 1. The zero-order valence-electron chi connectivity index (χ0n) is 17.0. The summed E-state index contributed by atoms with van der Waals surface area (Å²) in [4.78, 5) is 10.3. The van der Waals surface area contributed by atoms with Crippen molar-refractivity contribution in [1.29, 1.82) is 5.26 Å². The van der Waals surface area contributed by atoms with E-state index in [1.807, 2.05) is 0 Å². The maximum absolute atomic E-state index is 12.5. The molecule has 0 amide bonds. The van der Waals surface area contributed by atoms with Gasteiger partial charge in [-0.15, -0.1) is 0 Å². The molecule has 0 saturated heterocycles. The van der Waals surface area contributed by atoms with Gasteiger partial charge in [-0.2, -0.15) is 13.7 Å². The van der Waals surface area contributed by atoms with E-state index in [0.717, 1.165) is 0 Å². The van der Waals surface area contributed by atoms with Crippen LogP contribution < -0.4 is 8.92 Å². The molecule has 0 spiro atoms. The van der Waals surface area contributed by atoms with Gasteiger partial charge in [0, 0.05) is 12.1 Å². The summed E-state index contributed by atoms with van der Waals surface area (Å²) in [6.07, 6.45) is 1.57. The van der Waals surface area contributed by atoms with Gasteiger partial charge in [-0.05, 0) is 60.5 Å². The summed E-state index contributed by atoms with van der Waals surface area (Å²) in [7, 11) is -4.05. The fourth-order valence-corrected chi connectivity index (χ4v) is 3.78. The van der Waals surface area contributed by atoms with Crippen molar-refractivity contribution in [2.45, 2.75) is 11.8 Å². The molecule has 0 aromatic heterocycles. The normalized spacial score (nSPS) is 11.4. The Labute approximate surface area is 185 Å². The van der Waals surface area contributed by atoms with Crippen molar-refractivity contribution in [3.05, 3.63) is 94.0 Å². The van der Waals surface area contributed by atoms with E-state index in [0.29, 0.717) is 11.1 Å². The van der Waals surface area contributed by atoms with Gasteiger partial charge < -0.3 is 8.92 Å². The van der Waals surface area contributed by atoms with E-state index in [-0.39, 0.29) is 34.3 Å². The Balaban J connectivity index is 1.94. The Morgan fingerprint density at radius 1 is 1.06 bits per heavy atom. The smallest absolute Gasteiger partial charge is 0.339 e. The van der Waals surface area contributed by atoms with E-state index < -0.39 is 15.0 Å². The number of non-ortho nitro benzene ring substituents is 1. The first-order valence-corrected chi connectivity index (χ1v) is 10.9. The number of hydrogen-bond donors (Lipinski definition) is 0. The fourth-order valence-electron chi connectivity index (χ4n) is 2.81. The molecule has 0 bridgehead atoms. The quantitative estimate of drug-likeness (QED) is 0.159. The van der Waals surface area contributed by atoms with Crippen LogP contribution in [0, 0.1) is 21.4 Å². The topological polar surface area (TPSA) is 120 Å². The van der Waals surface area contributed by atoms with Crippen LogP contribution in [0.1, 0.15) is 18.1 Å². The van der Waals surface area contributed by atoms with Crippen molar-refractivity contribution in [3.8, 4) is 17.6 Å². The van der Waals surface area contributed by atoms with Crippen LogP contribution in [0.15, 0.2) is 77.7 Å². The van der Waals surface area contributed by atoms with Crippen LogP contribution in [0.3, 0.4) is 0 Å². The first kappa shape index (κ1) is 22.5. The highest BCUT2D eigenvalue weighted by Crippen LogP contribution is 2.32. The molecule has 0 unspecified atom stereocenters. The van der Waals surface area contributed by atoms with Crippen LogP contribution in [0.4, 0.5) is 5.69 Å². The summed E-state index contributed by atoms with van der Waals surface area (Å²) in [5.41, 5.74) is 1.26. The molecule has 0 N–H and O–H groups in total. The van der Waals surface area contributed by atoms with Crippen LogP contribution in [0.25, 0.3) is 11.6 Å². The zero-order valence-corrected chi connectivity index (χ0v) is 17.8. The molecule has 162 valence electrons. The molecule has 3 rings (SSSR count). The van der Waals surface area contributed by atoms with Crippen LogP contribution in [-0.4, -0.2) is 19.9 Å². The molecule has 0 radical (unpaired) electrons. The number of nitriles is 1. The highest BCUT2D eigenvalue weighted by Gasteiger charge is 2.19. The summed E-state index contributed by atoms with van der Waals surface area (Å²) in [5.74, 6) is 0.212. The minimum Gasteiger partial charge on any atom is -0.490 e. The number of rotatable bonds is 8. The lowest BCUT2D eigenvalue weighted by Gasteiger charge is -2.13. The molecule has 32 heavy (non-hydrogen) atoms. The summed E-state index contributed by atoms with van der Waals surface area (Å²) in [5, 5.41) is 20.4. The Hall–Kier alpha value is -4.16. The first-order valence-electron chi connectivity index (χ1n) is 9.47. The van der Waals surface area contributed by atoms with E-state index in [2.05, 4.69) is 6.07 Å². The van der Waals surface area contributed by atoms with Crippen LogP contribution in [0.2, 0.25) is 0 Å². The third-order valence-electron chi connectivity index (χ3n) is 4.32. The second kappa shape index (κ2) is 9.76. The number of nitrogens with zero attached hydrogens (tertiary/aromatic N) is 2. The third kappa shape index (κ3) is 5.30. The van der Waals surface area contributed by atoms with E-state index in [4.69, 9.17) is 8.92 Å². The minimum absolute atomic E-state index is 0.0105. The number of benzene rings is 3. The lowest BCUT2D eigenvalue weighted by molar-refractivity contribution is -0.384. The van der Waals surface area contributed by atoms with Crippen molar-refractivity contribution in [2.75, 3.05) is 6.61 Å². The lowest BCUT2D eigenvalue weighted by Crippen LogP contribution is -2.10. The molecule has 3 aromatic carbocycles. The molecular weight excluding hydrogens is 432 g/mol. The highest BCUT2D eigenvalue weighted by molar-refractivity contribution is 7.87. The molecule has 0 fully saturated rings. The predicted molar refractivity (Wildman–Crippen MR) is 118 cm³/mol. The Bertz CT molecular complexity index is 1290. The summed E-state index contributed by atoms with van der Waals surface area (Å²) in [6, 6.07) is 20.0. The van der Waals surface area contributed by atoms with Crippen LogP contribution in [0.5, 0.6) is 11.5 Å². The van der Waals surface area contributed by atoms with Gasteiger partial charge in [-0.3, -0.25) is 10.1 Å². The predicted octanol–water partition coefficient (Wildman–Crippen LogP) is 4.83. The molecule has 0 saturated carbocycles. The summed E-state index contributed by atoms with van der Waals surface area (Å²) < 4.78 is 35.9. The van der Waals surface area contributed by atoms with E-state index in [1.54, 1.807) is 43.3 Å². The van der Waals surface area contributed by atoms with Gasteiger partial charge in [0.1, 0.15) is 4.90 Å². The molecule has 0 aliphatic heterocycles. The molecule has 0 aliphatic rings. The first-order chi connectivity index (χ1) is 15.3. The highest BCUT2D eigenvalue weighted by atomic mass is 32.2. The summed E-state index contributed by atoms with van der Waals surface area (Å²) in [6.45, 7) is 2.01. The van der Waals surface area contributed by atoms with E-state index in [1.165, 1.54) is 42.5 Å². The molecule has 0 atom stereocenters. The maximum Gasteiger partial charge on any atom is 0.339 e. The molecule has 0 aliphatic carbocycles. The number of hydrogen-bond acceptors (Lipinski definition) is 7. The third-order valence-corrected chi connectivity index (χ3v) is 5.57. The van der Waals surface area contributed by atoms with Gasteiger partial charge in [0.05, 0.1) is 23.2 Å². The fraction of sp³-hybridized carbons (Fsp3) is 0.0870. The monoisotopic (exact) mass is 450 g/mol. The number of nitro benzene ring substituents is 1. The average molecular weight is 450 g/mol. The van der Waals surface area contributed by atoms with Crippen LogP contribution in [-0.2, 0) is 10.1 Å². The Morgan fingerprint density at radius 3 is 2.34 bits per heavy atom. The molecular formula is C23H18N2O6S. The van der Waals surface area contributed by atoms with Crippen molar-refractivity contribution < 1.29 is 22.3 Å². The molecule has 0 heterocycles. The van der Waals surface area contributed by atoms with Crippen molar-refractivity contribution in [2.24, 2.45) is 0 Å². The molecule has 8 nitrogen and oxygen atoms in total. The van der Waals surface area contributed by atoms with Gasteiger partial charge >= 0.3 is 10.1 Å². The second-order valence-corrected chi connectivity index (χ2v) is 8.01. The summed E-state index contributed by atoms with van der Waals surface area (Å²) >= 11 is 0. The van der Waals surface area contributed by atoms with Gasteiger partial charge in [0.15, 0.2) is 11.5 Å². The van der Waals surface area contributed by atoms with Gasteiger partial charge in [-0.1, -0.05) is 24.3 Å². The number of ether oxygens (including phenoxy) is 1. The van der Waals surface area contributed by atoms with E-state index >= 15 is 0 Å². The lowest BCUT2D eigenvalue weighted by atomic mass is 10.0. The second-order valence-electron chi connectivity index (χ2n) is 6.46. The largest absolute Gasteiger partial charge is 0.490 e. The van der Waals surface area contributed by atoms with Crippen molar-refractivity contribution in [1.82, 2.24) is 0 Å². The van der Waals surface area contributed by atoms with Gasteiger partial charge in [0.2, 0.25) is 0 Å². The Morgan fingerprint density at radius 2 is 1.75 bits per heavy atom. The Kier molecular flexibility index (Phi) is 6.87. The van der Waals surface area contributed by atoms with E-state index in [9.17, 15) is 23.8 Å². The standard InChI is InChI=1S/C23H18N2O6S/c1-2-30-23-15-17(14-19(16-24)18-9-11-20(12-10-18)25(26)27)8-13-22(23)31-32(28,29)21-6-4-3-5-7-21/h3-15H,2H2,1H3/b19-14+. The maximum atomic E-state index is 12.5. The average Bonchev–Trinajstić information content (AvgIpc) is 2.80. The van der Waals surface area contributed by atoms with Crippen LogP contribution >= 0.6 is 0 Å². The number of allylic oxidation sites excluding steroid dienone is 1. The minimum atomic E-state index is -4.05. The molecule has 3 aromatic rings. The van der Waals surface area contributed by atoms with Crippen molar-refractivity contribution in [3.63, 3.8) is 0 Å². The molecule has 9 heteroatoms.